The summed E-state index contributed by atoms with van der Waals surface area (Å²) in [5.74, 6) is 1.28. The van der Waals surface area contributed by atoms with E-state index >= 15 is 0 Å². The average molecular weight is 499 g/mol. The third-order valence-corrected chi connectivity index (χ3v) is 6.69. The van der Waals surface area contributed by atoms with E-state index in [9.17, 15) is 8.42 Å². The molecule has 0 aliphatic heterocycles. The van der Waals surface area contributed by atoms with Crippen LogP contribution in [0, 0.1) is 10.5 Å². The first kappa shape index (κ1) is 19.8. The lowest BCUT2D eigenvalue weighted by Gasteiger charge is -2.15. The lowest BCUT2D eigenvalue weighted by atomic mass is 10.1. The molecule has 1 aromatic heterocycles. The number of hydrogen-bond donors (Lipinski definition) is 0. The highest BCUT2D eigenvalue weighted by atomic mass is 127. The molecule has 3 rings (SSSR count). The molecule has 0 aliphatic rings. The number of methoxy groups -OCH3 is 1. The van der Waals surface area contributed by atoms with E-state index in [0.29, 0.717) is 15.1 Å². The van der Waals surface area contributed by atoms with Gasteiger partial charge in [-0.15, -0.1) is 0 Å². The fourth-order valence-corrected chi connectivity index (χ4v) is 4.61. The molecule has 0 amide bonds. The first-order valence-corrected chi connectivity index (χ1v) is 10.5. The third kappa shape index (κ3) is 4.14. The van der Waals surface area contributed by atoms with Gasteiger partial charge in [0.15, 0.2) is 0 Å². The van der Waals surface area contributed by atoms with Crippen molar-refractivity contribution in [1.29, 1.82) is 0 Å². The number of nitrogens with zero attached hydrogens (tertiary/aromatic N) is 3. The number of hydrogen-bond acceptors (Lipinski definition) is 6. The fraction of sp³-hybridized carbons (Fsp3) is 0.222. The molecule has 0 atom stereocenters. The van der Waals surface area contributed by atoms with Crippen molar-refractivity contribution < 1.29 is 17.7 Å². The molecular weight excluding hydrogens is 481 g/mol. The summed E-state index contributed by atoms with van der Waals surface area (Å²) in [6.45, 7) is 1.93. The molecule has 7 nitrogen and oxygen atoms in total. The number of sulfonamides is 1. The molecule has 0 aliphatic carbocycles. The number of aryl methyl sites for hydroxylation is 1. The molecule has 3 aromatic rings. The predicted molar refractivity (Wildman–Crippen MR) is 109 cm³/mol. The Balaban J connectivity index is 1.82. The van der Waals surface area contributed by atoms with E-state index < -0.39 is 10.0 Å². The Hall–Kier alpha value is -1.98. The number of aromatic nitrogens is 2. The van der Waals surface area contributed by atoms with Crippen LogP contribution >= 0.6 is 22.6 Å². The Labute approximate surface area is 171 Å². The number of rotatable bonds is 6. The summed E-state index contributed by atoms with van der Waals surface area (Å²) in [4.78, 5) is 4.50. The van der Waals surface area contributed by atoms with Gasteiger partial charge in [0.1, 0.15) is 5.75 Å². The minimum atomic E-state index is -3.70. The van der Waals surface area contributed by atoms with Crippen molar-refractivity contribution in [3.05, 3.63) is 57.5 Å². The molecule has 0 fully saturated rings. The maximum atomic E-state index is 12.8. The molecule has 9 heteroatoms. The Morgan fingerprint density at radius 1 is 1.22 bits per heavy atom. The average Bonchev–Trinajstić information content (AvgIpc) is 3.10. The Morgan fingerprint density at radius 3 is 2.63 bits per heavy atom. The monoisotopic (exact) mass is 499 g/mol. The minimum Gasteiger partial charge on any atom is -0.496 e. The Kier molecular flexibility index (Phi) is 5.82. The van der Waals surface area contributed by atoms with E-state index in [0.717, 1.165) is 11.1 Å². The van der Waals surface area contributed by atoms with Crippen molar-refractivity contribution in [2.45, 2.75) is 18.4 Å². The van der Waals surface area contributed by atoms with Crippen molar-refractivity contribution >= 4 is 32.6 Å². The van der Waals surface area contributed by atoms with Crippen molar-refractivity contribution in [1.82, 2.24) is 14.4 Å². The largest absolute Gasteiger partial charge is 0.496 e. The molecular formula is C18H18IN3O4S. The van der Waals surface area contributed by atoms with E-state index in [1.807, 2.05) is 53.8 Å². The van der Waals surface area contributed by atoms with Crippen LogP contribution in [0.5, 0.6) is 5.75 Å². The van der Waals surface area contributed by atoms with Crippen LogP contribution in [0.3, 0.4) is 0 Å². The molecule has 0 radical (unpaired) electrons. The van der Waals surface area contributed by atoms with Crippen LogP contribution in [0.25, 0.3) is 11.4 Å². The molecule has 2 aromatic carbocycles. The number of benzene rings is 2. The van der Waals surface area contributed by atoms with Gasteiger partial charge in [0, 0.05) is 12.6 Å². The second kappa shape index (κ2) is 7.95. The second-order valence-electron chi connectivity index (χ2n) is 5.88. The van der Waals surface area contributed by atoms with Gasteiger partial charge in [-0.05, 0) is 53.3 Å². The van der Waals surface area contributed by atoms with E-state index in [4.69, 9.17) is 9.26 Å². The maximum Gasteiger partial charge on any atom is 0.243 e. The van der Waals surface area contributed by atoms with Gasteiger partial charge in [-0.2, -0.15) is 9.29 Å². The standard InChI is InChI=1S/C18H18IN3O4S/c1-12-6-4-5-7-14(12)18-20-17(26-21-18)11-22(2)27(23,24)13-8-9-16(25-3)15(19)10-13/h4-10H,11H2,1-3H3. The van der Waals surface area contributed by atoms with Gasteiger partial charge in [-0.25, -0.2) is 8.42 Å². The van der Waals surface area contributed by atoms with Gasteiger partial charge < -0.3 is 9.26 Å². The maximum absolute atomic E-state index is 12.8. The highest BCUT2D eigenvalue weighted by molar-refractivity contribution is 14.1. The third-order valence-electron chi connectivity index (χ3n) is 4.04. The molecule has 1 heterocycles. The quantitative estimate of drug-likeness (QED) is 0.483. The van der Waals surface area contributed by atoms with Gasteiger partial charge in [-0.1, -0.05) is 29.4 Å². The zero-order valence-electron chi connectivity index (χ0n) is 15.0. The molecule has 0 spiro atoms. The molecule has 0 bridgehead atoms. The topological polar surface area (TPSA) is 85.5 Å². The lowest BCUT2D eigenvalue weighted by molar-refractivity contribution is 0.336. The normalized spacial score (nSPS) is 11.7. The van der Waals surface area contributed by atoms with E-state index in [2.05, 4.69) is 10.1 Å². The summed E-state index contributed by atoms with van der Waals surface area (Å²) >= 11 is 2.04. The summed E-state index contributed by atoms with van der Waals surface area (Å²) in [5.41, 5.74) is 1.86. The van der Waals surface area contributed by atoms with Gasteiger partial charge >= 0.3 is 0 Å². The van der Waals surface area contributed by atoms with E-state index in [-0.39, 0.29) is 17.3 Å². The number of ether oxygens (including phenoxy) is 1. The van der Waals surface area contributed by atoms with Crippen LogP contribution in [0.4, 0.5) is 0 Å². The first-order chi connectivity index (χ1) is 12.8. The van der Waals surface area contributed by atoms with Crippen LogP contribution < -0.4 is 4.74 Å². The summed E-state index contributed by atoms with van der Waals surface area (Å²) in [7, 11) is -0.686. The molecule has 0 saturated heterocycles. The predicted octanol–water partition coefficient (Wildman–Crippen LogP) is 3.48. The molecule has 0 unspecified atom stereocenters. The fourth-order valence-electron chi connectivity index (χ4n) is 2.52. The summed E-state index contributed by atoms with van der Waals surface area (Å²) in [6.07, 6.45) is 0. The van der Waals surface area contributed by atoms with E-state index in [1.54, 1.807) is 19.2 Å². The summed E-state index contributed by atoms with van der Waals surface area (Å²) in [6, 6.07) is 12.4. The molecule has 0 saturated carbocycles. The van der Waals surface area contributed by atoms with Crippen LogP contribution in [0.15, 0.2) is 51.9 Å². The molecule has 142 valence electrons. The van der Waals surface area contributed by atoms with Crippen LogP contribution in [-0.2, 0) is 16.6 Å². The molecule has 0 N–H and O–H groups in total. The SMILES string of the molecule is COc1ccc(S(=O)(=O)N(C)Cc2nc(-c3ccccc3C)no2)cc1I. The van der Waals surface area contributed by atoms with Crippen molar-refractivity contribution in [3.8, 4) is 17.1 Å². The van der Waals surface area contributed by atoms with Crippen LogP contribution in [0.1, 0.15) is 11.5 Å². The zero-order chi connectivity index (χ0) is 19.6. The first-order valence-electron chi connectivity index (χ1n) is 8.01. The minimum absolute atomic E-state index is 0.0240. The van der Waals surface area contributed by atoms with Crippen molar-refractivity contribution in [3.63, 3.8) is 0 Å². The Morgan fingerprint density at radius 2 is 1.96 bits per heavy atom. The lowest BCUT2D eigenvalue weighted by Crippen LogP contribution is -2.26. The van der Waals surface area contributed by atoms with E-state index in [1.165, 1.54) is 17.4 Å². The van der Waals surface area contributed by atoms with Crippen LogP contribution in [-0.4, -0.2) is 37.0 Å². The second-order valence-corrected chi connectivity index (χ2v) is 9.09. The van der Waals surface area contributed by atoms with Crippen molar-refractivity contribution in [2.24, 2.45) is 0 Å². The highest BCUT2D eigenvalue weighted by Gasteiger charge is 2.24. The van der Waals surface area contributed by atoms with Gasteiger partial charge in [-0.3, -0.25) is 0 Å². The van der Waals surface area contributed by atoms with Gasteiger partial charge in [0.2, 0.25) is 21.7 Å². The van der Waals surface area contributed by atoms with Gasteiger partial charge in [0.05, 0.1) is 22.1 Å². The Bertz CT molecular complexity index is 1070. The number of halogens is 1. The van der Waals surface area contributed by atoms with Crippen LogP contribution in [0.2, 0.25) is 0 Å². The highest BCUT2D eigenvalue weighted by Crippen LogP contribution is 2.26. The van der Waals surface area contributed by atoms with Gasteiger partial charge in [0.25, 0.3) is 0 Å². The smallest absolute Gasteiger partial charge is 0.243 e. The molecule has 27 heavy (non-hydrogen) atoms. The summed E-state index contributed by atoms with van der Waals surface area (Å²) in [5, 5.41) is 3.97. The summed E-state index contributed by atoms with van der Waals surface area (Å²) < 4.78 is 37.9. The zero-order valence-corrected chi connectivity index (χ0v) is 18.0. The van der Waals surface area contributed by atoms with Crippen molar-refractivity contribution in [2.75, 3.05) is 14.2 Å².